The summed E-state index contributed by atoms with van der Waals surface area (Å²) in [6.07, 6.45) is 0.150. The van der Waals surface area contributed by atoms with Crippen LogP contribution in [0.3, 0.4) is 0 Å². The van der Waals surface area contributed by atoms with Crippen LogP contribution in [0.4, 0.5) is 5.13 Å². The number of thiazole rings is 1. The van der Waals surface area contributed by atoms with Crippen molar-refractivity contribution in [2.24, 2.45) is 0 Å². The van der Waals surface area contributed by atoms with E-state index in [0.717, 1.165) is 58.7 Å². The second-order valence-corrected chi connectivity index (χ2v) is 10.2. The molecule has 1 aliphatic heterocycles. The Kier molecular flexibility index (Phi) is 8.18. The highest BCUT2D eigenvalue weighted by Gasteiger charge is 2.29. The minimum absolute atomic E-state index is 0.334. The SMILES string of the molecule is CCOc1ccc(-c2csc(NC(=O)C(CC)OC(=O)c3c4c(nc5ccccc35)CCN(CC)C4)n2)cc1. The molecular formula is C30H32N4O4S. The fraction of sp³-hybridized carbons (Fsp3) is 0.333. The number of pyridine rings is 1. The van der Waals surface area contributed by atoms with Crippen LogP contribution in [0.15, 0.2) is 53.9 Å². The first kappa shape index (κ1) is 26.8. The third-order valence-electron chi connectivity index (χ3n) is 6.88. The van der Waals surface area contributed by atoms with Crippen molar-refractivity contribution < 1.29 is 19.1 Å². The molecule has 202 valence electrons. The van der Waals surface area contributed by atoms with E-state index in [-0.39, 0.29) is 0 Å². The summed E-state index contributed by atoms with van der Waals surface area (Å²) in [5.41, 5.74) is 4.75. The van der Waals surface area contributed by atoms with Gasteiger partial charge in [0.1, 0.15) is 5.75 Å². The van der Waals surface area contributed by atoms with E-state index in [9.17, 15) is 9.59 Å². The second kappa shape index (κ2) is 11.9. The second-order valence-electron chi connectivity index (χ2n) is 9.33. The van der Waals surface area contributed by atoms with Gasteiger partial charge in [0.05, 0.1) is 23.4 Å². The number of amides is 1. The molecule has 2 aromatic heterocycles. The molecule has 5 rings (SSSR count). The van der Waals surface area contributed by atoms with Crippen molar-refractivity contribution in [1.82, 2.24) is 14.9 Å². The van der Waals surface area contributed by atoms with Gasteiger partial charge in [-0.15, -0.1) is 11.3 Å². The molecule has 0 aliphatic carbocycles. The Bertz CT molecular complexity index is 1480. The first-order valence-corrected chi connectivity index (χ1v) is 14.2. The predicted octanol–water partition coefficient (Wildman–Crippen LogP) is 5.71. The van der Waals surface area contributed by atoms with Crippen molar-refractivity contribution in [3.05, 3.63) is 70.7 Å². The van der Waals surface area contributed by atoms with Crippen molar-refractivity contribution in [1.29, 1.82) is 0 Å². The minimum Gasteiger partial charge on any atom is -0.494 e. The lowest BCUT2D eigenvalue weighted by atomic mass is 9.95. The third-order valence-corrected chi connectivity index (χ3v) is 7.64. The molecule has 1 unspecified atom stereocenters. The molecule has 0 bridgehead atoms. The molecule has 0 saturated carbocycles. The van der Waals surface area contributed by atoms with Gasteiger partial charge in [-0.25, -0.2) is 9.78 Å². The number of anilines is 1. The van der Waals surface area contributed by atoms with Gasteiger partial charge in [0.15, 0.2) is 11.2 Å². The standard InChI is InChI=1S/C30H32N4O4S/c1-4-26(28(35)33-30-32-25(18-39-30)19-11-13-20(14-12-19)37-6-3)38-29(36)27-21-9-7-8-10-23(21)31-24-15-16-34(5-2)17-22(24)27/h7-14,18,26H,4-6,15-17H2,1-3H3,(H,32,33,35). The molecule has 2 aromatic carbocycles. The summed E-state index contributed by atoms with van der Waals surface area (Å²) in [7, 11) is 0. The van der Waals surface area contributed by atoms with Crippen LogP contribution in [0, 0.1) is 0 Å². The molecule has 3 heterocycles. The normalized spacial score (nSPS) is 14.0. The fourth-order valence-corrected chi connectivity index (χ4v) is 5.52. The molecule has 39 heavy (non-hydrogen) atoms. The smallest absolute Gasteiger partial charge is 0.340 e. The van der Waals surface area contributed by atoms with Crippen LogP contribution in [0.1, 0.15) is 48.8 Å². The van der Waals surface area contributed by atoms with Crippen molar-refractivity contribution in [3.8, 4) is 17.0 Å². The van der Waals surface area contributed by atoms with Gasteiger partial charge in [-0.05, 0) is 50.2 Å². The molecule has 0 fully saturated rings. The van der Waals surface area contributed by atoms with Crippen LogP contribution in [0.2, 0.25) is 0 Å². The summed E-state index contributed by atoms with van der Waals surface area (Å²) < 4.78 is 11.4. The third kappa shape index (κ3) is 5.79. The summed E-state index contributed by atoms with van der Waals surface area (Å²) in [5, 5.41) is 5.91. The Labute approximate surface area is 232 Å². The molecule has 0 saturated heterocycles. The average Bonchev–Trinajstić information content (AvgIpc) is 3.43. The van der Waals surface area contributed by atoms with Gasteiger partial charge in [0, 0.05) is 47.1 Å². The number of hydrogen-bond donors (Lipinski definition) is 1. The molecule has 0 spiro atoms. The molecule has 1 N–H and O–H groups in total. The van der Waals surface area contributed by atoms with E-state index in [1.807, 2.05) is 67.8 Å². The van der Waals surface area contributed by atoms with Crippen LogP contribution in [0.5, 0.6) is 5.75 Å². The van der Waals surface area contributed by atoms with Crippen LogP contribution in [0.25, 0.3) is 22.2 Å². The van der Waals surface area contributed by atoms with Crippen molar-refractivity contribution in [2.45, 2.75) is 46.3 Å². The summed E-state index contributed by atoms with van der Waals surface area (Å²) in [5.74, 6) is -0.108. The maximum absolute atomic E-state index is 13.6. The highest BCUT2D eigenvalue weighted by molar-refractivity contribution is 7.14. The van der Waals surface area contributed by atoms with Crippen LogP contribution < -0.4 is 10.1 Å². The number of hydrogen-bond acceptors (Lipinski definition) is 8. The van der Waals surface area contributed by atoms with Gasteiger partial charge >= 0.3 is 5.97 Å². The lowest BCUT2D eigenvalue weighted by Gasteiger charge is -2.29. The van der Waals surface area contributed by atoms with Gasteiger partial charge in [0.2, 0.25) is 0 Å². The quantitative estimate of drug-likeness (QED) is 0.270. The maximum atomic E-state index is 13.6. The number of benzene rings is 2. The van der Waals surface area contributed by atoms with E-state index in [4.69, 9.17) is 14.5 Å². The van der Waals surface area contributed by atoms with Crippen LogP contribution >= 0.6 is 11.3 Å². The number of fused-ring (bicyclic) bond motifs is 2. The Morgan fingerprint density at radius 2 is 1.87 bits per heavy atom. The molecule has 8 nitrogen and oxygen atoms in total. The van der Waals surface area contributed by atoms with Gasteiger partial charge in [0.25, 0.3) is 5.91 Å². The van der Waals surface area contributed by atoms with Crippen molar-refractivity contribution in [2.75, 3.05) is 25.0 Å². The van der Waals surface area contributed by atoms with Crippen LogP contribution in [-0.4, -0.2) is 52.5 Å². The number of carbonyl (C=O) groups is 2. The van der Waals surface area contributed by atoms with E-state index < -0.39 is 18.0 Å². The maximum Gasteiger partial charge on any atom is 0.340 e. The molecule has 1 amide bonds. The number of para-hydroxylation sites is 1. The summed E-state index contributed by atoms with van der Waals surface area (Å²) in [4.78, 5) is 38.5. The summed E-state index contributed by atoms with van der Waals surface area (Å²) in [6.45, 7) is 8.88. The van der Waals surface area contributed by atoms with E-state index in [1.165, 1.54) is 11.3 Å². The monoisotopic (exact) mass is 544 g/mol. The number of carbonyl (C=O) groups excluding carboxylic acids is 2. The van der Waals surface area contributed by atoms with Gasteiger partial charge in [-0.3, -0.25) is 20.0 Å². The zero-order valence-corrected chi connectivity index (χ0v) is 23.2. The number of likely N-dealkylation sites (N-methyl/N-ethyl adjacent to an activating group) is 1. The van der Waals surface area contributed by atoms with Crippen LogP contribution in [-0.2, 0) is 22.5 Å². The van der Waals surface area contributed by atoms with Gasteiger partial charge in [-0.1, -0.05) is 32.0 Å². The number of rotatable bonds is 9. The number of ether oxygens (including phenoxy) is 2. The largest absolute Gasteiger partial charge is 0.494 e. The number of esters is 1. The average molecular weight is 545 g/mol. The molecule has 0 radical (unpaired) electrons. The first-order valence-electron chi connectivity index (χ1n) is 13.3. The first-order chi connectivity index (χ1) is 19.0. The number of nitrogens with one attached hydrogen (secondary N) is 1. The van der Waals surface area contributed by atoms with Crippen molar-refractivity contribution in [3.63, 3.8) is 0 Å². The molecular weight excluding hydrogens is 512 g/mol. The van der Waals surface area contributed by atoms with Gasteiger partial charge < -0.3 is 9.47 Å². The Balaban J connectivity index is 1.34. The predicted molar refractivity (Wildman–Crippen MR) is 153 cm³/mol. The van der Waals surface area contributed by atoms with E-state index in [1.54, 1.807) is 0 Å². The molecule has 4 aromatic rings. The fourth-order valence-electron chi connectivity index (χ4n) is 4.80. The Morgan fingerprint density at radius 3 is 2.62 bits per heavy atom. The van der Waals surface area contributed by atoms with E-state index in [2.05, 4.69) is 22.1 Å². The lowest BCUT2D eigenvalue weighted by Crippen LogP contribution is -2.35. The zero-order chi connectivity index (χ0) is 27.4. The molecule has 1 aliphatic rings. The Hall–Kier alpha value is -3.82. The number of aromatic nitrogens is 2. The topological polar surface area (TPSA) is 93.6 Å². The van der Waals surface area contributed by atoms with Crippen molar-refractivity contribution >= 4 is 39.2 Å². The van der Waals surface area contributed by atoms with E-state index in [0.29, 0.717) is 30.3 Å². The minimum atomic E-state index is -0.955. The lowest BCUT2D eigenvalue weighted by molar-refractivity contribution is -0.124. The molecule has 1 atom stereocenters. The van der Waals surface area contributed by atoms with E-state index >= 15 is 0 Å². The molecule has 9 heteroatoms. The zero-order valence-electron chi connectivity index (χ0n) is 22.4. The summed E-state index contributed by atoms with van der Waals surface area (Å²) in [6, 6.07) is 15.3. The summed E-state index contributed by atoms with van der Waals surface area (Å²) >= 11 is 1.32. The Morgan fingerprint density at radius 1 is 1.08 bits per heavy atom. The van der Waals surface area contributed by atoms with Gasteiger partial charge in [-0.2, -0.15) is 0 Å². The number of nitrogens with zero attached hydrogens (tertiary/aromatic N) is 3. The highest BCUT2D eigenvalue weighted by atomic mass is 32.1. The highest BCUT2D eigenvalue weighted by Crippen LogP contribution is 2.30.